The summed E-state index contributed by atoms with van der Waals surface area (Å²) in [6.07, 6.45) is 0. The van der Waals surface area contributed by atoms with E-state index >= 15 is 0 Å². The van der Waals surface area contributed by atoms with Gasteiger partial charge in [0.15, 0.2) is 0 Å². The third-order valence-corrected chi connectivity index (χ3v) is 3.87. The molecule has 23 heavy (non-hydrogen) atoms. The van der Waals surface area contributed by atoms with Crippen molar-refractivity contribution in [2.45, 2.75) is 26.4 Å². The van der Waals surface area contributed by atoms with Crippen molar-refractivity contribution < 1.29 is 9.53 Å². The Morgan fingerprint density at radius 2 is 1.74 bits per heavy atom. The molecule has 0 fully saturated rings. The Hall–Kier alpha value is -2.31. The van der Waals surface area contributed by atoms with Gasteiger partial charge in [-0.3, -0.25) is 4.79 Å². The lowest BCUT2D eigenvalue weighted by Gasteiger charge is -2.20. The molecule has 0 aliphatic rings. The molecular weight excluding hydrogens is 310 g/mol. The van der Waals surface area contributed by atoms with Crippen molar-refractivity contribution in [3.63, 3.8) is 0 Å². The van der Waals surface area contributed by atoms with Crippen LogP contribution in [-0.2, 0) is 16.1 Å². The number of hydrogen-bond acceptors (Lipinski definition) is 3. The standard InChI is InChI=1S/C19H18ClNO2/c1-13(2)18(16-7-9-17(20)10-8-16)19(22)23-12-15-5-3-14(11-21)4-6-15/h3-10,13,18H,12H2,1-2H3. The summed E-state index contributed by atoms with van der Waals surface area (Å²) >= 11 is 5.90. The van der Waals surface area contributed by atoms with Gasteiger partial charge in [-0.25, -0.2) is 0 Å². The predicted octanol–water partition coefficient (Wildman–Crippen LogP) is 4.69. The molecule has 1 atom stereocenters. The maximum absolute atomic E-state index is 12.5. The molecule has 0 aromatic heterocycles. The smallest absolute Gasteiger partial charge is 0.314 e. The van der Waals surface area contributed by atoms with E-state index in [4.69, 9.17) is 21.6 Å². The molecule has 0 saturated carbocycles. The van der Waals surface area contributed by atoms with Crippen LogP contribution in [0, 0.1) is 17.2 Å². The molecule has 0 heterocycles. The van der Waals surface area contributed by atoms with E-state index in [1.807, 2.05) is 26.0 Å². The van der Waals surface area contributed by atoms with E-state index in [2.05, 4.69) is 6.07 Å². The van der Waals surface area contributed by atoms with Gasteiger partial charge in [-0.15, -0.1) is 0 Å². The van der Waals surface area contributed by atoms with Gasteiger partial charge in [0, 0.05) is 5.02 Å². The lowest BCUT2D eigenvalue weighted by atomic mass is 9.88. The molecule has 3 nitrogen and oxygen atoms in total. The summed E-state index contributed by atoms with van der Waals surface area (Å²) < 4.78 is 5.45. The van der Waals surface area contributed by atoms with E-state index in [1.54, 1.807) is 36.4 Å². The molecule has 2 aromatic rings. The van der Waals surface area contributed by atoms with Gasteiger partial charge in [-0.05, 0) is 41.3 Å². The van der Waals surface area contributed by atoms with Crippen molar-refractivity contribution >= 4 is 17.6 Å². The first-order valence-electron chi connectivity index (χ1n) is 7.42. The molecule has 0 amide bonds. The second-order valence-corrected chi connectivity index (χ2v) is 6.13. The van der Waals surface area contributed by atoms with Crippen molar-refractivity contribution in [2.75, 3.05) is 0 Å². The maximum Gasteiger partial charge on any atom is 0.314 e. The zero-order chi connectivity index (χ0) is 16.8. The van der Waals surface area contributed by atoms with Crippen LogP contribution in [0.3, 0.4) is 0 Å². The number of halogens is 1. The third-order valence-electron chi connectivity index (χ3n) is 3.61. The highest BCUT2D eigenvalue weighted by Crippen LogP contribution is 2.27. The lowest BCUT2D eigenvalue weighted by Crippen LogP contribution is -2.20. The maximum atomic E-state index is 12.5. The number of ether oxygens (including phenoxy) is 1. The van der Waals surface area contributed by atoms with E-state index < -0.39 is 0 Å². The summed E-state index contributed by atoms with van der Waals surface area (Å²) in [5.74, 6) is -0.470. The van der Waals surface area contributed by atoms with Crippen molar-refractivity contribution in [3.05, 3.63) is 70.2 Å². The Labute approximate surface area is 141 Å². The van der Waals surface area contributed by atoms with Crippen LogP contribution in [0.5, 0.6) is 0 Å². The number of carbonyl (C=O) groups excluding carboxylic acids is 1. The average Bonchev–Trinajstić information content (AvgIpc) is 2.55. The van der Waals surface area contributed by atoms with Gasteiger partial charge < -0.3 is 4.74 Å². The molecule has 0 radical (unpaired) electrons. The molecular formula is C19H18ClNO2. The fourth-order valence-corrected chi connectivity index (χ4v) is 2.51. The van der Waals surface area contributed by atoms with Crippen LogP contribution >= 0.6 is 11.6 Å². The van der Waals surface area contributed by atoms with E-state index in [-0.39, 0.29) is 24.4 Å². The summed E-state index contributed by atoms with van der Waals surface area (Å²) in [7, 11) is 0. The minimum atomic E-state index is -0.328. The van der Waals surface area contributed by atoms with Gasteiger partial charge in [0.25, 0.3) is 0 Å². The summed E-state index contributed by atoms with van der Waals surface area (Å²) in [5.41, 5.74) is 2.34. The van der Waals surface area contributed by atoms with Gasteiger partial charge >= 0.3 is 5.97 Å². The number of rotatable bonds is 5. The van der Waals surface area contributed by atoms with Crippen molar-refractivity contribution in [3.8, 4) is 6.07 Å². The summed E-state index contributed by atoms with van der Waals surface area (Å²) in [5, 5.41) is 9.42. The summed E-state index contributed by atoms with van der Waals surface area (Å²) in [6, 6.07) is 16.3. The average molecular weight is 328 g/mol. The molecule has 1 unspecified atom stereocenters. The first-order chi connectivity index (χ1) is 11.0. The minimum Gasteiger partial charge on any atom is -0.460 e. The molecule has 2 rings (SSSR count). The lowest BCUT2D eigenvalue weighted by molar-refractivity contribution is -0.148. The van der Waals surface area contributed by atoms with Gasteiger partial charge in [0.1, 0.15) is 6.61 Å². The second kappa shape index (κ2) is 7.80. The number of carbonyl (C=O) groups is 1. The van der Waals surface area contributed by atoms with Crippen molar-refractivity contribution in [2.24, 2.45) is 5.92 Å². The van der Waals surface area contributed by atoms with E-state index in [0.29, 0.717) is 10.6 Å². The number of hydrogen-bond donors (Lipinski definition) is 0. The zero-order valence-corrected chi connectivity index (χ0v) is 13.9. The fourth-order valence-electron chi connectivity index (χ4n) is 2.38. The third kappa shape index (κ3) is 4.58. The molecule has 0 aliphatic carbocycles. The molecule has 0 bridgehead atoms. The van der Waals surface area contributed by atoms with Gasteiger partial charge in [0.05, 0.1) is 17.6 Å². The highest BCUT2D eigenvalue weighted by Gasteiger charge is 2.25. The first-order valence-corrected chi connectivity index (χ1v) is 7.80. The monoisotopic (exact) mass is 327 g/mol. The summed E-state index contributed by atoms with van der Waals surface area (Å²) in [6.45, 7) is 4.17. The fraction of sp³-hybridized carbons (Fsp3) is 0.263. The second-order valence-electron chi connectivity index (χ2n) is 5.69. The van der Waals surface area contributed by atoms with E-state index in [0.717, 1.165) is 11.1 Å². The topological polar surface area (TPSA) is 50.1 Å². The van der Waals surface area contributed by atoms with Gasteiger partial charge in [-0.1, -0.05) is 49.7 Å². The van der Waals surface area contributed by atoms with Crippen molar-refractivity contribution in [1.29, 1.82) is 5.26 Å². The van der Waals surface area contributed by atoms with E-state index in [9.17, 15) is 4.79 Å². The first kappa shape index (κ1) is 17.1. The number of nitriles is 1. The molecule has 0 spiro atoms. The Morgan fingerprint density at radius 1 is 1.13 bits per heavy atom. The van der Waals surface area contributed by atoms with Crippen LogP contribution in [0.1, 0.15) is 36.5 Å². The van der Waals surface area contributed by atoms with Crippen LogP contribution in [0.2, 0.25) is 5.02 Å². The van der Waals surface area contributed by atoms with Crippen molar-refractivity contribution in [1.82, 2.24) is 0 Å². The molecule has 0 saturated heterocycles. The largest absolute Gasteiger partial charge is 0.460 e. The van der Waals surface area contributed by atoms with Crippen LogP contribution in [0.25, 0.3) is 0 Å². The Balaban J connectivity index is 2.06. The Bertz CT molecular complexity index is 700. The molecule has 0 N–H and O–H groups in total. The summed E-state index contributed by atoms with van der Waals surface area (Å²) in [4.78, 5) is 12.5. The SMILES string of the molecule is CC(C)C(C(=O)OCc1ccc(C#N)cc1)c1ccc(Cl)cc1. The number of benzene rings is 2. The minimum absolute atomic E-state index is 0.115. The normalized spacial score (nSPS) is 11.8. The Morgan fingerprint density at radius 3 is 2.26 bits per heavy atom. The van der Waals surface area contributed by atoms with Crippen LogP contribution in [-0.4, -0.2) is 5.97 Å². The highest BCUT2D eigenvalue weighted by atomic mass is 35.5. The van der Waals surface area contributed by atoms with Gasteiger partial charge in [0.2, 0.25) is 0 Å². The predicted molar refractivity (Wildman–Crippen MR) is 90.0 cm³/mol. The number of nitrogens with zero attached hydrogens (tertiary/aromatic N) is 1. The zero-order valence-electron chi connectivity index (χ0n) is 13.1. The highest BCUT2D eigenvalue weighted by molar-refractivity contribution is 6.30. The molecule has 118 valence electrons. The van der Waals surface area contributed by atoms with E-state index in [1.165, 1.54) is 0 Å². The molecule has 4 heteroatoms. The Kier molecular flexibility index (Phi) is 5.78. The van der Waals surface area contributed by atoms with Crippen LogP contribution in [0.4, 0.5) is 0 Å². The quantitative estimate of drug-likeness (QED) is 0.748. The van der Waals surface area contributed by atoms with Gasteiger partial charge in [-0.2, -0.15) is 5.26 Å². The van der Waals surface area contributed by atoms with Crippen LogP contribution in [0.15, 0.2) is 48.5 Å². The molecule has 2 aromatic carbocycles. The van der Waals surface area contributed by atoms with Crippen LogP contribution < -0.4 is 0 Å². The number of esters is 1. The molecule has 0 aliphatic heterocycles.